The van der Waals surface area contributed by atoms with Crippen molar-refractivity contribution in [1.82, 2.24) is 4.90 Å². The van der Waals surface area contributed by atoms with Crippen molar-refractivity contribution in [2.75, 3.05) is 0 Å². The molecule has 1 aromatic carbocycles. The maximum atomic E-state index is 12.9. The third-order valence-corrected chi connectivity index (χ3v) is 4.90. The van der Waals surface area contributed by atoms with E-state index in [1.807, 2.05) is 26.8 Å². The number of ether oxygens (including phenoxy) is 1. The van der Waals surface area contributed by atoms with Crippen LogP contribution in [0.1, 0.15) is 56.7 Å². The van der Waals surface area contributed by atoms with Crippen LogP contribution in [-0.2, 0) is 10.9 Å². The molecule has 1 aromatic rings. The number of nitrogens with zero attached hydrogens (tertiary/aromatic N) is 1. The van der Waals surface area contributed by atoms with Crippen molar-refractivity contribution in [3.05, 3.63) is 41.0 Å². The van der Waals surface area contributed by atoms with E-state index in [2.05, 4.69) is 0 Å². The van der Waals surface area contributed by atoms with E-state index in [0.717, 1.165) is 30.0 Å². The van der Waals surface area contributed by atoms with Gasteiger partial charge in [-0.2, -0.15) is 13.2 Å². The molecule has 1 amide bonds. The number of halogens is 3. The van der Waals surface area contributed by atoms with Gasteiger partial charge in [-0.15, -0.1) is 0 Å². The van der Waals surface area contributed by atoms with Crippen molar-refractivity contribution in [1.29, 1.82) is 0 Å². The molecule has 0 saturated carbocycles. The van der Waals surface area contributed by atoms with Crippen LogP contribution < -0.4 is 0 Å². The van der Waals surface area contributed by atoms with Gasteiger partial charge in [0, 0.05) is 6.04 Å². The molecule has 26 heavy (non-hydrogen) atoms. The largest absolute Gasteiger partial charge is 0.444 e. The summed E-state index contributed by atoms with van der Waals surface area (Å²) in [5.74, 6) is 0. The molecule has 6 heteroatoms. The van der Waals surface area contributed by atoms with Crippen LogP contribution in [-0.4, -0.2) is 28.7 Å². The zero-order chi connectivity index (χ0) is 19.3. The predicted molar refractivity (Wildman–Crippen MR) is 93.7 cm³/mol. The average Bonchev–Trinajstić information content (AvgIpc) is 2.75. The molecule has 0 aliphatic carbocycles. The highest BCUT2D eigenvalue weighted by atomic mass is 19.4. The Morgan fingerprint density at radius 2 is 1.88 bits per heavy atom. The smallest absolute Gasteiger partial charge is 0.416 e. The topological polar surface area (TPSA) is 29.5 Å². The van der Waals surface area contributed by atoms with E-state index in [4.69, 9.17) is 4.74 Å². The lowest BCUT2D eigenvalue weighted by Crippen LogP contribution is -2.45. The fraction of sp³-hybridized carbons (Fsp3) is 0.550. The third-order valence-electron chi connectivity index (χ3n) is 4.90. The van der Waals surface area contributed by atoms with Gasteiger partial charge in [-0.1, -0.05) is 12.1 Å². The fourth-order valence-electron chi connectivity index (χ4n) is 3.83. The van der Waals surface area contributed by atoms with Crippen LogP contribution in [0.2, 0.25) is 0 Å². The minimum Gasteiger partial charge on any atom is -0.444 e. The van der Waals surface area contributed by atoms with Crippen molar-refractivity contribution < 1.29 is 22.7 Å². The summed E-state index contributed by atoms with van der Waals surface area (Å²) in [6, 6.07) is 3.85. The molecular weight excluding hydrogens is 343 g/mol. The highest BCUT2D eigenvalue weighted by Crippen LogP contribution is 2.41. The molecule has 0 spiro atoms. The quantitative estimate of drug-likeness (QED) is 0.649. The van der Waals surface area contributed by atoms with E-state index in [0.29, 0.717) is 12.0 Å². The summed E-state index contributed by atoms with van der Waals surface area (Å²) in [6.45, 7) is 7.21. The first-order chi connectivity index (χ1) is 12.0. The van der Waals surface area contributed by atoms with E-state index >= 15 is 0 Å². The second kappa shape index (κ2) is 6.32. The summed E-state index contributed by atoms with van der Waals surface area (Å²) in [4.78, 5) is 14.3. The molecule has 0 radical (unpaired) electrons. The van der Waals surface area contributed by atoms with Crippen molar-refractivity contribution in [2.45, 2.75) is 70.8 Å². The molecule has 2 unspecified atom stereocenters. The number of aryl methyl sites for hydroxylation is 1. The first-order valence-corrected chi connectivity index (χ1v) is 8.86. The van der Waals surface area contributed by atoms with Gasteiger partial charge < -0.3 is 4.74 Å². The number of carbonyl (C=O) groups excluding carboxylic acids is 1. The Labute approximate surface area is 151 Å². The molecule has 2 heterocycles. The minimum absolute atomic E-state index is 0.0385. The Bertz CT molecular complexity index is 746. The number of rotatable bonds is 1. The number of amides is 1. The Balaban J connectivity index is 1.85. The van der Waals surface area contributed by atoms with Crippen LogP contribution in [0, 0.1) is 6.92 Å². The van der Waals surface area contributed by atoms with E-state index < -0.39 is 17.3 Å². The molecular formula is C20H24F3NO2. The summed E-state index contributed by atoms with van der Waals surface area (Å²) in [5, 5.41) is 0. The summed E-state index contributed by atoms with van der Waals surface area (Å²) >= 11 is 0. The second-order valence-electron chi connectivity index (χ2n) is 8.11. The number of hydrogen-bond acceptors (Lipinski definition) is 2. The van der Waals surface area contributed by atoms with Gasteiger partial charge in [0.2, 0.25) is 0 Å². The zero-order valence-corrected chi connectivity index (χ0v) is 15.5. The summed E-state index contributed by atoms with van der Waals surface area (Å²) in [5.41, 5.74) is 1.27. The van der Waals surface area contributed by atoms with E-state index in [1.165, 1.54) is 6.07 Å². The number of benzene rings is 1. The van der Waals surface area contributed by atoms with Crippen molar-refractivity contribution in [3.8, 4) is 0 Å². The molecule has 1 fully saturated rings. The van der Waals surface area contributed by atoms with Crippen molar-refractivity contribution in [3.63, 3.8) is 0 Å². The van der Waals surface area contributed by atoms with Gasteiger partial charge in [0.25, 0.3) is 0 Å². The van der Waals surface area contributed by atoms with Gasteiger partial charge in [0.1, 0.15) is 5.60 Å². The lowest BCUT2D eigenvalue weighted by Gasteiger charge is -2.35. The van der Waals surface area contributed by atoms with Gasteiger partial charge in [0.15, 0.2) is 0 Å². The van der Waals surface area contributed by atoms with Gasteiger partial charge in [-0.05, 0) is 75.8 Å². The number of alkyl halides is 3. The van der Waals surface area contributed by atoms with Crippen molar-refractivity contribution >= 4 is 11.7 Å². The van der Waals surface area contributed by atoms with E-state index in [9.17, 15) is 18.0 Å². The number of carbonyl (C=O) groups is 1. The van der Waals surface area contributed by atoms with Crippen LogP contribution in [0.15, 0.2) is 24.3 Å². The second-order valence-corrected chi connectivity index (χ2v) is 8.11. The Morgan fingerprint density at radius 3 is 2.42 bits per heavy atom. The summed E-state index contributed by atoms with van der Waals surface area (Å²) < 4.78 is 44.1. The van der Waals surface area contributed by atoms with E-state index in [-0.39, 0.29) is 18.2 Å². The van der Waals surface area contributed by atoms with Gasteiger partial charge in [-0.25, -0.2) is 4.79 Å². The normalized spacial score (nSPS) is 23.0. The minimum atomic E-state index is -4.34. The van der Waals surface area contributed by atoms with Gasteiger partial charge in [-0.3, -0.25) is 4.90 Å². The maximum Gasteiger partial charge on any atom is 0.416 e. The molecule has 3 rings (SSSR count). The van der Waals surface area contributed by atoms with Crippen LogP contribution in [0.4, 0.5) is 18.0 Å². The van der Waals surface area contributed by atoms with Crippen LogP contribution in [0.25, 0.3) is 5.57 Å². The van der Waals surface area contributed by atoms with Crippen LogP contribution >= 0.6 is 0 Å². The standard InChI is InChI=1S/C20H24F3NO2/c1-12-9-14(20(21,22)23)5-8-17(12)13-10-15-6-7-16(11-13)24(15)18(25)26-19(2,3)4/h5,8-10,15-16H,6-7,11H2,1-4H3. The lowest BCUT2D eigenvalue weighted by atomic mass is 9.91. The molecule has 0 aromatic heterocycles. The Hall–Kier alpha value is -1.98. The molecule has 1 saturated heterocycles. The van der Waals surface area contributed by atoms with Crippen LogP contribution in [0.5, 0.6) is 0 Å². The zero-order valence-electron chi connectivity index (χ0n) is 15.5. The molecule has 2 aliphatic heterocycles. The predicted octanol–water partition coefficient (Wildman–Crippen LogP) is 5.57. The molecule has 3 nitrogen and oxygen atoms in total. The average molecular weight is 367 g/mol. The van der Waals surface area contributed by atoms with Crippen LogP contribution in [0.3, 0.4) is 0 Å². The van der Waals surface area contributed by atoms with Crippen molar-refractivity contribution in [2.24, 2.45) is 0 Å². The Kier molecular flexibility index (Phi) is 4.57. The molecule has 2 bridgehead atoms. The summed E-state index contributed by atoms with van der Waals surface area (Å²) in [7, 11) is 0. The first-order valence-electron chi connectivity index (χ1n) is 8.86. The number of fused-ring (bicyclic) bond motifs is 2. The molecule has 0 N–H and O–H groups in total. The van der Waals surface area contributed by atoms with Gasteiger partial charge in [0.05, 0.1) is 11.6 Å². The third kappa shape index (κ3) is 3.74. The molecule has 2 atom stereocenters. The van der Waals surface area contributed by atoms with E-state index in [1.54, 1.807) is 17.9 Å². The lowest BCUT2D eigenvalue weighted by molar-refractivity contribution is -0.137. The monoisotopic (exact) mass is 367 g/mol. The molecule has 2 aliphatic rings. The SMILES string of the molecule is Cc1cc(C(F)(F)F)ccc1C1=CC2CCC(C1)N2C(=O)OC(C)(C)C. The first kappa shape index (κ1) is 18.8. The van der Waals surface area contributed by atoms with Gasteiger partial charge >= 0.3 is 12.3 Å². The Morgan fingerprint density at radius 1 is 1.19 bits per heavy atom. The summed E-state index contributed by atoms with van der Waals surface area (Å²) in [6.07, 6.45) is -0.261. The highest BCUT2D eigenvalue weighted by molar-refractivity contribution is 5.76. The highest BCUT2D eigenvalue weighted by Gasteiger charge is 2.42. The number of hydrogen-bond donors (Lipinski definition) is 0. The fourth-order valence-corrected chi connectivity index (χ4v) is 3.83. The molecule has 142 valence electrons. The maximum absolute atomic E-state index is 12.9.